The van der Waals surface area contributed by atoms with E-state index in [9.17, 15) is 4.79 Å². The van der Waals surface area contributed by atoms with E-state index in [1.165, 1.54) is 0 Å². The second-order valence-electron chi connectivity index (χ2n) is 6.59. The van der Waals surface area contributed by atoms with Gasteiger partial charge in [-0.3, -0.25) is 9.20 Å². The van der Waals surface area contributed by atoms with E-state index < -0.39 is 0 Å². The van der Waals surface area contributed by atoms with Crippen molar-refractivity contribution in [2.45, 2.75) is 18.8 Å². The minimum absolute atomic E-state index is 0.0374. The average molecular weight is 401 g/mol. The van der Waals surface area contributed by atoms with Gasteiger partial charge in [-0.25, -0.2) is 0 Å². The first-order valence-electron chi connectivity index (χ1n) is 8.84. The Bertz CT molecular complexity index is 1010. The largest absolute Gasteiger partial charge is 0.338 e. The first-order valence-corrected chi connectivity index (χ1v) is 9.60. The second-order valence-corrected chi connectivity index (χ2v) is 7.37. The number of carbonyl (C=O) groups excluding carboxylic acids is 1. The summed E-state index contributed by atoms with van der Waals surface area (Å²) in [6.45, 7) is 1.36. The van der Waals surface area contributed by atoms with Crippen molar-refractivity contribution in [2.75, 3.05) is 13.1 Å². The number of carbonyl (C=O) groups is 1. The first kappa shape index (κ1) is 18.0. The van der Waals surface area contributed by atoms with Gasteiger partial charge in [-0.1, -0.05) is 41.4 Å². The molecule has 3 heterocycles. The quantitative estimate of drug-likeness (QED) is 0.609. The third-order valence-electron chi connectivity index (χ3n) is 4.83. The number of likely N-dealkylation sites (tertiary alicyclic amines) is 1. The summed E-state index contributed by atoms with van der Waals surface area (Å²) >= 11 is 12.2. The molecule has 1 aliphatic heterocycles. The number of nitrogens with zero attached hydrogens (tertiary/aromatic N) is 4. The topological polar surface area (TPSA) is 50.5 Å². The van der Waals surface area contributed by atoms with Crippen LogP contribution in [0.1, 0.15) is 30.1 Å². The number of benzene rings is 1. The fraction of sp³-hybridized carbons (Fsp3) is 0.250. The number of amides is 1. The summed E-state index contributed by atoms with van der Waals surface area (Å²) in [5, 5.41) is 9.51. The SMILES string of the molecule is O=C(/C=C/c1cccc(Cl)c1Cl)N1CCCC(c2nnc3ccccn23)C1. The molecule has 3 aromatic rings. The highest BCUT2D eigenvalue weighted by atomic mass is 35.5. The van der Waals surface area contributed by atoms with E-state index in [1.54, 1.807) is 18.2 Å². The third kappa shape index (κ3) is 3.70. The molecule has 1 aromatic carbocycles. The molecular weight excluding hydrogens is 383 g/mol. The summed E-state index contributed by atoms with van der Waals surface area (Å²) in [5.41, 5.74) is 1.56. The number of hydrogen-bond acceptors (Lipinski definition) is 3. The van der Waals surface area contributed by atoms with Gasteiger partial charge in [0.15, 0.2) is 5.65 Å². The summed E-state index contributed by atoms with van der Waals surface area (Å²) in [6, 6.07) is 11.2. The van der Waals surface area contributed by atoms with Crippen LogP contribution < -0.4 is 0 Å². The highest BCUT2D eigenvalue weighted by Gasteiger charge is 2.27. The molecule has 1 unspecified atom stereocenters. The molecule has 7 heteroatoms. The van der Waals surface area contributed by atoms with Crippen LogP contribution in [-0.4, -0.2) is 38.5 Å². The van der Waals surface area contributed by atoms with E-state index in [2.05, 4.69) is 10.2 Å². The molecule has 0 bridgehead atoms. The summed E-state index contributed by atoms with van der Waals surface area (Å²) in [7, 11) is 0. The predicted molar refractivity (Wildman–Crippen MR) is 107 cm³/mol. The Balaban J connectivity index is 1.50. The van der Waals surface area contributed by atoms with E-state index in [0.717, 1.165) is 36.4 Å². The molecule has 1 saturated heterocycles. The van der Waals surface area contributed by atoms with E-state index in [-0.39, 0.29) is 11.8 Å². The van der Waals surface area contributed by atoms with Gasteiger partial charge in [0.2, 0.25) is 5.91 Å². The monoisotopic (exact) mass is 400 g/mol. The number of aromatic nitrogens is 3. The number of hydrogen-bond donors (Lipinski definition) is 0. The zero-order valence-electron chi connectivity index (χ0n) is 14.6. The van der Waals surface area contributed by atoms with E-state index in [0.29, 0.717) is 16.6 Å². The van der Waals surface area contributed by atoms with Crippen LogP contribution in [0.15, 0.2) is 48.7 Å². The fourth-order valence-corrected chi connectivity index (χ4v) is 3.81. The van der Waals surface area contributed by atoms with Crippen LogP contribution in [-0.2, 0) is 4.79 Å². The van der Waals surface area contributed by atoms with Gasteiger partial charge in [0, 0.05) is 31.3 Å². The van der Waals surface area contributed by atoms with E-state index in [4.69, 9.17) is 23.2 Å². The molecule has 0 spiro atoms. The van der Waals surface area contributed by atoms with Crippen LogP contribution in [0.25, 0.3) is 11.7 Å². The maximum Gasteiger partial charge on any atom is 0.246 e. The molecular formula is C20H18Cl2N4O. The molecule has 27 heavy (non-hydrogen) atoms. The number of fused-ring (bicyclic) bond motifs is 1. The van der Waals surface area contributed by atoms with E-state index in [1.807, 2.05) is 45.8 Å². The van der Waals surface area contributed by atoms with Crippen molar-refractivity contribution in [2.24, 2.45) is 0 Å². The van der Waals surface area contributed by atoms with Crippen LogP contribution in [0.5, 0.6) is 0 Å². The lowest BCUT2D eigenvalue weighted by Crippen LogP contribution is -2.38. The van der Waals surface area contributed by atoms with Crippen molar-refractivity contribution in [1.82, 2.24) is 19.5 Å². The van der Waals surface area contributed by atoms with Gasteiger partial charge < -0.3 is 4.90 Å². The molecule has 4 rings (SSSR count). The molecule has 0 radical (unpaired) electrons. The van der Waals surface area contributed by atoms with Crippen LogP contribution >= 0.6 is 23.2 Å². The normalized spacial score (nSPS) is 17.7. The average Bonchev–Trinajstić information content (AvgIpc) is 3.13. The molecule has 1 amide bonds. The van der Waals surface area contributed by atoms with Gasteiger partial charge in [0.25, 0.3) is 0 Å². The van der Waals surface area contributed by atoms with Crippen molar-refractivity contribution in [3.8, 4) is 0 Å². The smallest absolute Gasteiger partial charge is 0.246 e. The Morgan fingerprint density at radius 2 is 2.04 bits per heavy atom. The van der Waals surface area contributed by atoms with Gasteiger partial charge in [-0.05, 0) is 42.7 Å². The Morgan fingerprint density at radius 3 is 2.93 bits per heavy atom. The highest BCUT2D eigenvalue weighted by Crippen LogP contribution is 2.28. The van der Waals surface area contributed by atoms with Crippen molar-refractivity contribution < 1.29 is 4.79 Å². The van der Waals surface area contributed by atoms with Gasteiger partial charge >= 0.3 is 0 Å². The fourth-order valence-electron chi connectivity index (χ4n) is 3.44. The molecule has 0 saturated carbocycles. The molecule has 0 N–H and O–H groups in total. The highest BCUT2D eigenvalue weighted by molar-refractivity contribution is 6.42. The number of pyridine rings is 1. The molecule has 5 nitrogen and oxygen atoms in total. The molecule has 1 aliphatic rings. The van der Waals surface area contributed by atoms with Crippen LogP contribution in [0.2, 0.25) is 10.0 Å². The lowest BCUT2D eigenvalue weighted by Gasteiger charge is -2.31. The van der Waals surface area contributed by atoms with Crippen LogP contribution in [0.3, 0.4) is 0 Å². The molecule has 2 aromatic heterocycles. The third-order valence-corrected chi connectivity index (χ3v) is 5.66. The number of piperidine rings is 1. The van der Waals surface area contributed by atoms with Gasteiger partial charge in [-0.2, -0.15) is 0 Å². The molecule has 0 aliphatic carbocycles. The van der Waals surface area contributed by atoms with Crippen LogP contribution in [0, 0.1) is 0 Å². The minimum atomic E-state index is -0.0374. The second kappa shape index (κ2) is 7.71. The minimum Gasteiger partial charge on any atom is -0.338 e. The maximum absolute atomic E-state index is 12.7. The predicted octanol–water partition coefficient (Wildman–Crippen LogP) is 4.46. The zero-order valence-corrected chi connectivity index (χ0v) is 16.1. The standard InChI is InChI=1S/C20H18Cl2N4O/c21-16-7-3-5-14(19(16)22)9-10-18(27)25-11-4-6-15(13-25)20-24-23-17-8-1-2-12-26(17)20/h1-3,5,7-10,12,15H,4,6,11,13H2/b10-9+. The van der Waals surface area contributed by atoms with E-state index >= 15 is 0 Å². The van der Waals surface area contributed by atoms with Crippen LogP contribution in [0.4, 0.5) is 0 Å². The lowest BCUT2D eigenvalue weighted by atomic mass is 9.97. The lowest BCUT2D eigenvalue weighted by molar-refractivity contribution is -0.127. The Kier molecular flexibility index (Phi) is 5.14. The molecule has 1 atom stereocenters. The van der Waals surface area contributed by atoms with Crippen molar-refractivity contribution >= 4 is 40.8 Å². The van der Waals surface area contributed by atoms with Crippen molar-refractivity contribution in [1.29, 1.82) is 0 Å². The van der Waals surface area contributed by atoms with Crippen molar-refractivity contribution in [3.63, 3.8) is 0 Å². The Morgan fingerprint density at radius 1 is 1.15 bits per heavy atom. The molecule has 1 fully saturated rings. The summed E-state index contributed by atoms with van der Waals surface area (Å²) in [6.07, 6.45) is 7.16. The summed E-state index contributed by atoms with van der Waals surface area (Å²) in [4.78, 5) is 14.5. The Labute approximate surface area is 167 Å². The van der Waals surface area contributed by atoms with Gasteiger partial charge in [-0.15, -0.1) is 10.2 Å². The zero-order chi connectivity index (χ0) is 18.8. The maximum atomic E-state index is 12.7. The summed E-state index contributed by atoms with van der Waals surface area (Å²) < 4.78 is 2.00. The van der Waals surface area contributed by atoms with Gasteiger partial charge in [0.05, 0.1) is 10.0 Å². The van der Waals surface area contributed by atoms with Gasteiger partial charge in [0.1, 0.15) is 5.82 Å². The Hall–Kier alpha value is -2.37. The number of rotatable bonds is 3. The number of halogens is 2. The first-order chi connectivity index (χ1) is 13.1. The van der Waals surface area contributed by atoms with Crippen molar-refractivity contribution in [3.05, 3.63) is 70.1 Å². The summed E-state index contributed by atoms with van der Waals surface area (Å²) in [5.74, 6) is 1.04. The molecule has 138 valence electrons.